The molecule has 0 aliphatic heterocycles. The third-order valence-electron chi connectivity index (χ3n) is 11.5. The predicted octanol–water partition coefficient (Wildman–Crippen LogP) is 5.99. The van der Waals surface area contributed by atoms with E-state index in [1.807, 2.05) is 0 Å². The van der Waals surface area contributed by atoms with E-state index in [-0.39, 0.29) is 23.5 Å². The molecule has 0 aromatic heterocycles. The molecule has 4 aliphatic rings. The highest BCUT2D eigenvalue weighted by atomic mass is 16.5. The second-order valence-electron chi connectivity index (χ2n) is 14.2. The minimum atomic E-state index is -0.927. The number of ether oxygens (including phenoxy) is 1. The Hall–Kier alpha value is -0.910. The summed E-state index contributed by atoms with van der Waals surface area (Å²) in [5, 5.41) is 16.2. The standard InChI is InChI=1S/C32H56N2O3/c1-21(2)9-7-10-22(3)26-11-12-27-25-19-29(34-18-8-17-33)32(36)20-24(37-23(4)35)13-16-31(32,6)28(25)14-15-30(26,27)5/h19,21-22,24,26-29,34,36H,7-18,20,33H2,1-6H3/t22-,24?,26-,27+,28+,29?,30-,31-,32?/m1/s1. The summed E-state index contributed by atoms with van der Waals surface area (Å²) in [6.45, 7) is 15.1. The second-order valence-corrected chi connectivity index (χ2v) is 14.2. The van der Waals surface area contributed by atoms with E-state index in [4.69, 9.17) is 10.5 Å². The maximum absolute atomic E-state index is 12.5. The molecule has 4 aliphatic carbocycles. The van der Waals surface area contributed by atoms with E-state index in [9.17, 15) is 9.90 Å². The number of hydrogen-bond donors (Lipinski definition) is 3. The molecule has 0 heterocycles. The average Bonchev–Trinajstić information content (AvgIpc) is 3.17. The quantitative estimate of drug-likeness (QED) is 0.189. The summed E-state index contributed by atoms with van der Waals surface area (Å²) < 4.78 is 5.67. The van der Waals surface area contributed by atoms with Gasteiger partial charge in [0.1, 0.15) is 6.10 Å². The molecule has 0 bridgehead atoms. The first-order chi connectivity index (χ1) is 17.5. The van der Waals surface area contributed by atoms with Crippen LogP contribution in [0.2, 0.25) is 0 Å². The maximum atomic E-state index is 12.5. The molecule has 37 heavy (non-hydrogen) atoms. The summed E-state index contributed by atoms with van der Waals surface area (Å²) in [6, 6.07) is -0.126. The summed E-state index contributed by atoms with van der Waals surface area (Å²) in [6.07, 6.45) is 14.5. The van der Waals surface area contributed by atoms with Crippen LogP contribution in [0.4, 0.5) is 0 Å². The van der Waals surface area contributed by atoms with Crippen LogP contribution in [0.25, 0.3) is 0 Å². The maximum Gasteiger partial charge on any atom is 0.302 e. The van der Waals surface area contributed by atoms with Gasteiger partial charge in [-0.15, -0.1) is 0 Å². The number of allylic oxidation sites excluding steroid dienone is 1. The van der Waals surface area contributed by atoms with Crippen LogP contribution >= 0.6 is 0 Å². The fourth-order valence-electron chi connectivity index (χ4n) is 9.51. The average molecular weight is 517 g/mol. The first kappa shape index (κ1) is 29.1. The van der Waals surface area contributed by atoms with Crippen LogP contribution < -0.4 is 11.1 Å². The molecule has 212 valence electrons. The fourth-order valence-corrected chi connectivity index (χ4v) is 9.51. The third kappa shape index (κ3) is 5.31. The molecule has 3 fully saturated rings. The predicted molar refractivity (Wildman–Crippen MR) is 151 cm³/mol. The molecule has 0 spiro atoms. The molecule has 3 saturated carbocycles. The van der Waals surface area contributed by atoms with Crippen LogP contribution in [-0.2, 0) is 9.53 Å². The Morgan fingerprint density at radius 3 is 2.54 bits per heavy atom. The summed E-state index contributed by atoms with van der Waals surface area (Å²) in [5.41, 5.74) is 6.68. The van der Waals surface area contributed by atoms with E-state index in [2.05, 4.69) is 46.0 Å². The topological polar surface area (TPSA) is 84.6 Å². The van der Waals surface area contributed by atoms with Crippen molar-refractivity contribution in [2.75, 3.05) is 13.1 Å². The number of carbonyl (C=O) groups is 1. The van der Waals surface area contributed by atoms with Crippen LogP contribution in [-0.4, -0.2) is 41.9 Å². The Labute approximate surface area is 226 Å². The van der Waals surface area contributed by atoms with Crippen molar-refractivity contribution in [3.63, 3.8) is 0 Å². The lowest BCUT2D eigenvalue weighted by atomic mass is 9.45. The van der Waals surface area contributed by atoms with Crippen molar-refractivity contribution >= 4 is 5.97 Å². The smallest absolute Gasteiger partial charge is 0.302 e. The Balaban J connectivity index is 1.62. The van der Waals surface area contributed by atoms with Crippen LogP contribution in [0.1, 0.15) is 112 Å². The van der Waals surface area contributed by atoms with Gasteiger partial charge in [0.05, 0.1) is 11.6 Å². The fraction of sp³-hybridized carbons (Fsp3) is 0.906. The lowest BCUT2D eigenvalue weighted by molar-refractivity contribution is -0.192. The summed E-state index contributed by atoms with van der Waals surface area (Å²) in [4.78, 5) is 11.8. The number of esters is 1. The molecule has 0 amide bonds. The number of aliphatic hydroxyl groups is 1. The summed E-state index contributed by atoms with van der Waals surface area (Å²) in [7, 11) is 0. The molecule has 5 heteroatoms. The largest absolute Gasteiger partial charge is 0.462 e. The molecular weight excluding hydrogens is 460 g/mol. The zero-order valence-corrected chi connectivity index (χ0v) is 24.7. The first-order valence-corrected chi connectivity index (χ1v) is 15.5. The molecule has 4 rings (SSSR count). The summed E-state index contributed by atoms with van der Waals surface area (Å²) in [5.74, 6) is 3.15. The van der Waals surface area contributed by atoms with Crippen molar-refractivity contribution < 1.29 is 14.6 Å². The van der Waals surface area contributed by atoms with Gasteiger partial charge in [-0.1, -0.05) is 65.5 Å². The van der Waals surface area contributed by atoms with Crippen molar-refractivity contribution in [3.05, 3.63) is 11.6 Å². The number of carbonyl (C=O) groups excluding carboxylic acids is 1. The molecule has 9 atom stereocenters. The van der Waals surface area contributed by atoms with Crippen molar-refractivity contribution in [3.8, 4) is 0 Å². The third-order valence-corrected chi connectivity index (χ3v) is 11.5. The van der Waals surface area contributed by atoms with Gasteiger partial charge in [0, 0.05) is 18.8 Å². The van der Waals surface area contributed by atoms with Gasteiger partial charge in [0.2, 0.25) is 0 Å². The molecule has 0 saturated heterocycles. The number of nitrogens with one attached hydrogen (secondary N) is 1. The van der Waals surface area contributed by atoms with E-state index < -0.39 is 5.60 Å². The number of hydrogen-bond acceptors (Lipinski definition) is 5. The highest BCUT2D eigenvalue weighted by molar-refractivity contribution is 5.66. The van der Waals surface area contributed by atoms with Gasteiger partial charge in [-0.25, -0.2) is 0 Å². The van der Waals surface area contributed by atoms with Crippen LogP contribution in [0, 0.1) is 40.4 Å². The van der Waals surface area contributed by atoms with E-state index >= 15 is 0 Å². The molecule has 0 aromatic carbocycles. The highest BCUT2D eigenvalue weighted by Crippen LogP contribution is 2.67. The molecule has 4 N–H and O–H groups in total. The van der Waals surface area contributed by atoms with Gasteiger partial charge < -0.3 is 20.9 Å². The minimum Gasteiger partial charge on any atom is -0.462 e. The summed E-state index contributed by atoms with van der Waals surface area (Å²) >= 11 is 0. The van der Waals surface area contributed by atoms with E-state index in [1.54, 1.807) is 5.57 Å². The zero-order valence-electron chi connectivity index (χ0n) is 24.7. The van der Waals surface area contributed by atoms with Crippen LogP contribution in [0.3, 0.4) is 0 Å². The molecule has 0 radical (unpaired) electrons. The van der Waals surface area contributed by atoms with Crippen LogP contribution in [0.5, 0.6) is 0 Å². The zero-order chi connectivity index (χ0) is 27.0. The number of nitrogens with two attached hydrogens (primary N) is 1. The van der Waals surface area contributed by atoms with Crippen LogP contribution in [0.15, 0.2) is 11.6 Å². The monoisotopic (exact) mass is 516 g/mol. The Kier molecular flexibility index (Phi) is 8.88. The molecule has 5 nitrogen and oxygen atoms in total. The van der Waals surface area contributed by atoms with Gasteiger partial charge in [0.15, 0.2) is 0 Å². The van der Waals surface area contributed by atoms with Crippen molar-refractivity contribution in [1.29, 1.82) is 0 Å². The SMILES string of the molecule is CC(=O)OC1CC[C@]2(C)[C@H]3CC[C@]4(C)[C@@H]([C@H](C)CCCC(C)C)CC[C@H]4C3=CC(NCCCN)C2(O)C1. The van der Waals surface area contributed by atoms with Gasteiger partial charge >= 0.3 is 5.97 Å². The molecule has 0 aromatic rings. The van der Waals surface area contributed by atoms with E-state index in [0.717, 1.165) is 43.6 Å². The van der Waals surface area contributed by atoms with Crippen molar-refractivity contribution in [1.82, 2.24) is 5.32 Å². The van der Waals surface area contributed by atoms with Gasteiger partial charge in [-0.3, -0.25) is 4.79 Å². The van der Waals surface area contributed by atoms with E-state index in [1.165, 1.54) is 51.9 Å². The lowest BCUT2D eigenvalue weighted by Crippen LogP contribution is -2.68. The number of fused-ring (bicyclic) bond motifs is 5. The normalized spacial score (nSPS) is 42.0. The lowest BCUT2D eigenvalue weighted by Gasteiger charge is -2.63. The Morgan fingerprint density at radius 1 is 1.11 bits per heavy atom. The van der Waals surface area contributed by atoms with Gasteiger partial charge in [0.25, 0.3) is 0 Å². The minimum absolute atomic E-state index is 0.126. The Bertz CT molecular complexity index is 842. The molecular formula is C32H56N2O3. The second kappa shape index (κ2) is 11.3. The van der Waals surface area contributed by atoms with Gasteiger partial charge in [-0.05, 0) is 93.0 Å². The number of rotatable bonds is 10. The van der Waals surface area contributed by atoms with Crippen molar-refractivity contribution in [2.45, 2.75) is 130 Å². The van der Waals surface area contributed by atoms with E-state index in [0.29, 0.717) is 30.2 Å². The van der Waals surface area contributed by atoms with Gasteiger partial charge in [-0.2, -0.15) is 0 Å². The first-order valence-electron chi connectivity index (χ1n) is 15.5. The highest BCUT2D eigenvalue weighted by Gasteiger charge is 2.65. The molecule has 3 unspecified atom stereocenters. The van der Waals surface area contributed by atoms with Crippen molar-refractivity contribution in [2.24, 2.45) is 46.2 Å². The Morgan fingerprint density at radius 2 is 1.86 bits per heavy atom.